The maximum Gasteiger partial charge on any atom is 0.262 e. The fourth-order valence-corrected chi connectivity index (χ4v) is 3.14. The molecule has 0 atom stereocenters. The number of nitrogens with two attached hydrogens (primary N) is 1. The van der Waals surface area contributed by atoms with Crippen molar-refractivity contribution in [2.45, 2.75) is 18.4 Å². The highest BCUT2D eigenvalue weighted by Gasteiger charge is 2.21. The lowest BCUT2D eigenvalue weighted by Crippen LogP contribution is -2.18. The third-order valence-electron chi connectivity index (χ3n) is 2.85. The molecule has 20 heavy (non-hydrogen) atoms. The Morgan fingerprint density at radius 2 is 2.10 bits per heavy atom. The number of nitrogens with zero attached hydrogens (tertiary/aromatic N) is 1. The summed E-state index contributed by atoms with van der Waals surface area (Å²) >= 11 is 0. The van der Waals surface area contributed by atoms with Crippen LogP contribution in [0.15, 0.2) is 41.6 Å². The van der Waals surface area contributed by atoms with E-state index in [1.54, 1.807) is 19.2 Å². The van der Waals surface area contributed by atoms with Crippen LogP contribution in [-0.4, -0.2) is 13.4 Å². The molecule has 1 aromatic carbocycles. The molecule has 0 aliphatic heterocycles. The average molecular weight is 295 g/mol. The smallest absolute Gasteiger partial charge is 0.262 e. The number of aromatic nitrogens is 1. The predicted octanol–water partition coefficient (Wildman–Crippen LogP) is 1.79. The number of aryl methyl sites for hydroxylation is 1. The van der Waals surface area contributed by atoms with Crippen molar-refractivity contribution >= 4 is 15.7 Å². The van der Waals surface area contributed by atoms with Crippen LogP contribution in [0.5, 0.6) is 0 Å². The van der Waals surface area contributed by atoms with Gasteiger partial charge in [0, 0.05) is 18.3 Å². The molecule has 3 N–H and O–H groups in total. The Morgan fingerprint density at radius 3 is 2.75 bits per heavy atom. The number of benzene rings is 1. The van der Waals surface area contributed by atoms with E-state index < -0.39 is 15.8 Å². The van der Waals surface area contributed by atoms with Crippen molar-refractivity contribution in [3.05, 3.63) is 53.6 Å². The molecule has 1 heterocycles. The van der Waals surface area contributed by atoms with Gasteiger partial charge in [0.05, 0.1) is 16.8 Å². The molecule has 2 aromatic rings. The van der Waals surface area contributed by atoms with E-state index in [1.165, 1.54) is 24.4 Å². The summed E-state index contributed by atoms with van der Waals surface area (Å²) in [6.45, 7) is 1.55. The maximum atomic E-state index is 13.6. The number of hydrogen-bond acceptors (Lipinski definition) is 4. The Kier molecular flexibility index (Phi) is 4.01. The van der Waals surface area contributed by atoms with Crippen LogP contribution in [0.25, 0.3) is 0 Å². The highest BCUT2D eigenvalue weighted by molar-refractivity contribution is 7.92. The number of rotatable bonds is 4. The highest BCUT2D eigenvalue weighted by atomic mass is 32.2. The predicted molar refractivity (Wildman–Crippen MR) is 74.1 cm³/mol. The van der Waals surface area contributed by atoms with Gasteiger partial charge in [0.15, 0.2) is 0 Å². The zero-order chi connectivity index (χ0) is 14.8. The Bertz CT molecular complexity index is 732. The largest absolute Gasteiger partial charge is 0.326 e. The van der Waals surface area contributed by atoms with Crippen LogP contribution in [0.3, 0.4) is 0 Å². The molecule has 5 nitrogen and oxygen atoms in total. The first-order chi connectivity index (χ1) is 9.45. The van der Waals surface area contributed by atoms with Crippen LogP contribution in [0.2, 0.25) is 0 Å². The second-order valence-electron chi connectivity index (χ2n) is 4.22. The standard InChI is InChI=1S/C13H14FN3O2S/c1-9-5-6-16-8-12(9)17-20(18,19)13-4-2-3-11(14)10(13)7-15/h2-6,8,17H,7,15H2,1H3. The van der Waals surface area contributed by atoms with Gasteiger partial charge in [0.1, 0.15) is 5.82 Å². The summed E-state index contributed by atoms with van der Waals surface area (Å²) in [6.07, 6.45) is 2.95. The first-order valence-corrected chi connectivity index (χ1v) is 7.35. The van der Waals surface area contributed by atoms with Gasteiger partial charge in [-0.05, 0) is 30.7 Å². The summed E-state index contributed by atoms with van der Waals surface area (Å²) in [6, 6.07) is 5.50. The van der Waals surface area contributed by atoms with Crippen molar-refractivity contribution in [3.63, 3.8) is 0 Å². The minimum atomic E-state index is -3.91. The molecule has 0 aliphatic rings. The fourth-order valence-electron chi connectivity index (χ4n) is 1.76. The van der Waals surface area contributed by atoms with Crippen LogP contribution in [0, 0.1) is 12.7 Å². The van der Waals surface area contributed by atoms with Gasteiger partial charge >= 0.3 is 0 Å². The molecule has 0 aliphatic carbocycles. The van der Waals surface area contributed by atoms with Crippen LogP contribution >= 0.6 is 0 Å². The summed E-state index contributed by atoms with van der Waals surface area (Å²) in [5.74, 6) is -0.640. The molecule has 0 amide bonds. The molecule has 0 saturated carbocycles. The van der Waals surface area contributed by atoms with Crippen molar-refractivity contribution < 1.29 is 12.8 Å². The maximum absolute atomic E-state index is 13.6. The molecule has 106 valence electrons. The number of hydrogen-bond donors (Lipinski definition) is 2. The first-order valence-electron chi connectivity index (χ1n) is 5.86. The second-order valence-corrected chi connectivity index (χ2v) is 5.87. The highest BCUT2D eigenvalue weighted by Crippen LogP contribution is 2.22. The SMILES string of the molecule is Cc1ccncc1NS(=O)(=O)c1cccc(F)c1CN. The van der Waals surface area contributed by atoms with Gasteiger partial charge in [0.2, 0.25) is 0 Å². The van der Waals surface area contributed by atoms with Gasteiger partial charge < -0.3 is 5.73 Å². The number of halogens is 1. The summed E-state index contributed by atoms with van der Waals surface area (Å²) in [5, 5.41) is 0. The van der Waals surface area contributed by atoms with E-state index in [9.17, 15) is 12.8 Å². The van der Waals surface area contributed by atoms with Gasteiger partial charge in [-0.1, -0.05) is 6.07 Å². The second kappa shape index (κ2) is 5.56. The van der Waals surface area contributed by atoms with Crippen LogP contribution < -0.4 is 10.5 Å². The Labute approximate surface area is 116 Å². The van der Waals surface area contributed by atoms with Crippen molar-refractivity contribution in [1.82, 2.24) is 4.98 Å². The van der Waals surface area contributed by atoms with Gasteiger partial charge in [-0.3, -0.25) is 9.71 Å². The van der Waals surface area contributed by atoms with Crippen molar-refractivity contribution in [2.24, 2.45) is 5.73 Å². The van der Waals surface area contributed by atoms with Crippen LogP contribution in [-0.2, 0) is 16.6 Å². The lowest BCUT2D eigenvalue weighted by molar-refractivity contribution is 0.585. The molecule has 0 saturated heterocycles. The molecule has 1 aromatic heterocycles. The Balaban J connectivity index is 2.47. The number of nitrogens with one attached hydrogen (secondary N) is 1. The molecule has 0 fully saturated rings. The molecule has 0 spiro atoms. The normalized spacial score (nSPS) is 11.3. The van der Waals surface area contributed by atoms with E-state index in [0.29, 0.717) is 11.3 Å². The minimum Gasteiger partial charge on any atom is -0.326 e. The third kappa shape index (κ3) is 2.78. The van der Waals surface area contributed by atoms with Gasteiger partial charge in [0.25, 0.3) is 10.0 Å². The summed E-state index contributed by atoms with van der Waals surface area (Å²) in [4.78, 5) is 3.69. The van der Waals surface area contributed by atoms with E-state index in [4.69, 9.17) is 5.73 Å². The van der Waals surface area contributed by atoms with Crippen molar-refractivity contribution in [2.75, 3.05) is 4.72 Å². The Hall–Kier alpha value is -1.99. The molecule has 0 unspecified atom stereocenters. The summed E-state index contributed by atoms with van der Waals surface area (Å²) in [5.41, 5.74) is 6.45. The van der Waals surface area contributed by atoms with Crippen LogP contribution in [0.4, 0.5) is 10.1 Å². The van der Waals surface area contributed by atoms with Crippen molar-refractivity contribution in [1.29, 1.82) is 0 Å². The van der Waals surface area contributed by atoms with E-state index in [-0.39, 0.29) is 17.0 Å². The van der Waals surface area contributed by atoms with E-state index in [0.717, 1.165) is 0 Å². The molecular formula is C13H14FN3O2S. The van der Waals surface area contributed by atoms with Gasteiger partial charge in [-0.2, -0.15) is 0 Å². The number of pyridine rings is 1. The Morgan fingerprint density at radius 1 is 1.35 bits per heavy atom. The summed E-state index contributed by atoms with van der Waals surface area (Å²) < 4.78 is 40.7. The molecule has 2 rings (SSSR count). The quantitative estimate of drug-likeness (QED) is 0.900. The topological polar surface area (TPSA) is 85.1 Å². The number of sulfonamides is 1. The molecule has 0 radical (unpaired) electrons. The van der Waals surface area contributed by atoms with E-state index >= 15 is 0 Å². The molecular weight excluding hydrogens is 281 g/mol. The lowest BCUT2D eigenvalue weighted by atomic mass is 10.2. The third-order valence-corrected chi connectivity index (χ3v) is 4.30. The van der Waals surface area contributed by atoms with Gasteiger partial charge in [-0.25, -0.2) is 12.8 Å². The fraction of sp³-hybridized carbons (Fsp3) is 0.154. The minimum absolute atomic E-state index is 0.0402. The zero-order valence-electron chi connectivity index (χ0n) is 10.8. The van der Waals surface area contributed by atoms with Gasteiger partial charge in [-0.15, -0.1) is 0 Å². The number of anilines is 1. The summed E-state index contributed by atoms with van der Waals surface area (Å²) in [7, 11) is -3.91. The monoisotopic (exact) mass is 295 g/mol. The van der Waals surface area contributed by atoms with Crippen LogP contribution in [0.1, 0.15) is 11.1 Å². The molecule has 0 bridgehead atoms. The first kappa shape index (κ1) is 14.4. The lowest BCUT2D eigenvalue weighted by Gasteiger charge is -2.13. The average Bonchev–Trinajstić information content (AvgIpc) is 2.41. The van der Waals surface area contributed by atoms with Crippen molar-refractivity contribution in [3.8, 4) is 0 Å². The van der Waals surface area contributed by atoms with E-state index in [1.807, 2.05) is 0 Å². The zero-order valence-corrected chi connectivity index (χ0v) is 11.6. The molecule has 7 heteroatoms. The van der Waals surface area contributed by atoms with E-state index in [2.05, 4.69) is 9.71 Å².